The van der Waals surface area contributed by atoms with Gasteiger partial charge in [0, 0.05) is 13.6 Å². The number of aryl methyl sites for hydroxylation is 1. The summed E-state index contributed by atoms with van der Waals surface area (Å²) in [5.74, 6) is 0.273. The van der Waals surface area contributed by atoms with Gasteiger partial charge in [-0.1, -0.05) is 49.0 Å². The topological polar surface area (TPSA) is 72.7 Å². The molecule has 0 bridgehead atoms. The van der Waals surface area contributed by atoms with Crippen molar-refractivity contribution in [2.24, 2.45) is 7.05 Å². The SMILES string of the molecule is C[C@H](Sc1nnnn1C)C(=O)NC[C@@H](C)c1ccccc1. The third kappa shape index (κ3) is 4.29. The molecule has 1 heterocycles. The summed E-state index contributed by atoms with van der Waals surface area (Å²) in [7, 11) is 1.75. The highest BCUT2D eigenvalue weighted by molar-refractivity contribution is 8.00. The fraction of sp³-hybridized carbons (Fsp3) is 0.429. The lowest BCUT2D eigenvalue weighted by Crippen LogP contribution is -2.33. The summed E-state index contributed by atoms with van der Waals surface area (Å²) in [6.45, 7) is 4.56. The highest BCUT2D eigenvalue weighted by Gasteiger charge is 2.18. The van der Waals surface area contributed by atoms with E-state index in [4.69, 9.17) is 0 Å². The Morgan fingerprint density at radius 2 is 2.05 bits per heavy atom. The van der Waals surface area contributed by atoms with Crippen molar-refractivity contribution in [1.29, 1.82) is 0 Å². The van der Waals surface area contributed by atoms with Crippen LogP contribution in [-0.4, -0.2) is 37.9 Å². The third-order valence-electron chi connectivity index (χ3n) is 3.18. The number of thioether (sulfide) groups is 1. The lowest BCUT2D eigenvalue weighted by molar-refractivity contribution is -0.120. The van der Waals surface area contributed by atoms with Gasteiger partial charge < -0.3 is 5.32 Å². The predicted octanol–water partition coefficient (Wildman–Crippen LogP) is 1.61. The second-order valence-corrected chi connectivity index (χ2v) is 6.21. The van der Waals surface area contributed by atoms with E-state index in [0.29, 0.717) is 11.7 Å². The normalized spacial score (nSPS) is 13.7. The molecule has 1 aromatic carbocycles. The number of hydrogen-bond donors (Lipinski definition) is 1. The fourth-order valence-electron chi connectivity index (χ4n) is 1.83. The molecule has 0 saturated carbocycles. The summed E-state index contributed by atoms with van der Waals surface area (Å²) in [6.07, 6.45) is 0. The fourth-order valence-corrected chi connectivity index (χ4v) is 2.61. The standard InChI is InChI=1S/C14H19N5OS/c1-10(12-7-5-4-6-8-12)9-15-13(20)11(2)21-14-16-17-18-19(14)3/h4-8,10-11H,9H2,1-3H3,(H,15,20)/t10-,11+/m1/s1. The van der Waals surface area contributed by atoms with Crippen LogP contribution >= 0.6 is 11.8 Å². The molecule has 0 radical (unpaired) electrons. The molecule has 7 heteroatoms. The maximum atomic E-state index is 12.1. The average Bonchev–Trinajstić information content (AvgIpc) is 2.90. The number of benzene rings is 1. The molecule has 1 amide bonds. The lowest BCUT2D eigenvalue weighted by atomic mass is 10.0. The van der Waals surface area contributed by atoms with Crippen LogP contribution in [0.5, 0.6) is 0 Å². The number of rotatable bonds is 6. The molecule has 0 aliphatic heterocycles. The number of carbonyl (C=O) groups excluding carboxylic acids is 1. The second-order valence-electron chi connectivity index (χ2n) is 4.90. The summed E-state index contributed by atoms with van der Waals surface area (Å²) in [6, 6.07) is 10.1. The first-order chi connectivity index (χ1) is 10.1. The van der Waals surface area contributed by atoms with Gasteiger partial charge in [-0.3, -0.25) is 4.79 Å². The van der Waals surface area contributed by atoms with E-state index in [1.165, 1.54) is 17.3 Å². The molecule has 1 N–H and O–H groups in total. The number of amides is 1. The molecule has 0 aliphatic carbocycles. The molecule has 2 rings (SSSR count). The van der Waals surface area contributed by atoms with E-state index < -0.39 is 0 Å². The van der Waals surface area contributed by atoms with Gasteiger partial charge in [0.2, 0.25) is 11.1 Å². The molecule has 2 aromatic rings. The van der Waals surface area contributed by atoms with E-state index in [-0.39, 0.29) is 17.1 Å². The zero-order chi connectivity index (χ0) is 15.2. The summed E-state index contributed by atoms with van der Waals surface area (Å²) in [5, 5.41) is 14.5. The van der Waals surface area contributed by atoms with Crippen LogP contribution in [0.3, 0.4) is 0 Å². The Balaban J connectivity index is 1.83. The van der Waals surface area contributed by atoms with Crippen molar-refractivity contribution in [2.75, 3.05) is 6.54 Å². The van der Waals surface area contributed by atoms with Crippen molar-refractivity contribution < 1.29 is 4.79 Å². The van der Waals surface area contributed by atoms with Gasteiger partial charge in [0.1, 0.15) is 0 Å². The van der Waals surface area contributed by atoms with E-state index in [2.05, 4.69) is 39.9 Å². The van der Waals surface area contributed by atoms with Gasteiger partial charge >= 0.3 is 0 Å². The molecule has 112 valence electrons. The first kappa shape index (κ1) is 15.5. The largest absolute Gasteiger partial charge is 0.355 e. The van der Waals surface area contributed by atoms with Crippen molar-refractivity contribution in [3.63, 3.8) is 0 Å². The van der Waals surface area contributed by atoms with E-state index in [1.54, 1.807) is 11.7 Å². The van der Waals surface area contributed by atoms with Crippen molar-refractivity contribution >= 4 is 17.7 Å². The van der Waals surface area contributed by atoms with Crippen molar-refractivity contribution in [2.45, 2.75) is 30.2 Å². The minimum Gasteiger partial charge on any atom is -0.355 e. The number of nitrogens with zero attached hydrogens (tertiary/aromatic N) is 4. The highest BCUT2D eigenvalue weighted by Crippen LogP contribution is 2.19. The van der Waals surface area contributed by atoms with E-state index in [0.717, 1.165) is 0 Å². The average molecular weight is 305 g/mol. The maximum absolute atomic E-state index is 12.1. The molecular formula is C14H19N5OS. The number of nitrogens with one attached hydrogen (secondary N) is 1. The molecule has 6 nitrogen and oxygen atoms in total. The van der Waals surface area contributed by atoms with Crippen LogP contribution in [0.25, 0.3) is 0 Å². The Labute approximate surface area is 128 Å². The predicted molar refractivity (Wildman–Crippen MR) is 82.0 cm³/mol. The molecule has 2 atom stereocenters. The van der Waals surface area contributed by atoms with Crippen molar-refractivity contribution in [3.05, 3.63) is 35.9 Å². The molecule has 0 spiro atoms. The Morgan fingerprint density at radius 3 is 2.67 bits per heavy atom. The first-order valence-electron chi connectivity index (χ1n) is 6.79. The molecular weight excluding hydrogens is 286 g/mol. The zero-order valence-corrected chi connectivity index (χ0v) is 13.2. The third-order valence-corrected chi connectivity index (χ3v) is 4.31. The first-order valence-corrected chi connectivity index (χ1v) is 7.67. The van der Waals surface area contributed by atoms with E-state index in [9.17, 15) is 4.79 Å². The second kappa shape index (κ2) is 7.21. The molecule has 0 fully saturated rings. The van der Waals surface area contributed by atoms with Gasteiger partial charge in [0.25, 0.3) is 0 Å². The van der Waals surface area contributed by atoms with Gasteiger partial charge in [0.05, 0.1) is 5.25 Å². The van der Waals surface area contributed by atoms with Crippen LogP contribution in [0.15, 0.2) is 35.5 Å². The minimum atomic E-state index is -0.238. The molecule has 0 aliphatic rings. The van der Waals surface area contributed by atoms with Crippen LogP contribution in [0.2, 0.25) is 0 Å². The number of hydrogen-bond acceptors (Lipinski definition) is 5. The summed E-state index contributed by atoms with van der Waals surface area (Å²) in [4.78, 5) is 12.1. The molecule has 0 saturated heterocycles. The Kier molecular flexibility index (Phi) is 5.32. The Hall–Kier alpha value is -1.89. The van der Waals surface area contributed by atoms with Crippen LogP contribution in [0, 0.1) is 0 Å². The maximum Gasteiger partial charge on any atom is 0.233 e. The van der Waals surface area contributed by atoms with Gasteiger partial charge in [-0.2, -0.15) is 0 Å². The quantitative estimate of drug-likeness (QED) is 0.821. The van der Waals surface area contributed by atoms with Crippen LogP contribution in [0.1, 0.15) is 25.3 Å². The lowest BCUT2D eigenvalue weighted by Gasteiger charge is -2.15. The minimum absolute atomic E-state index is 0.00854. The van der Waals surface area contributed by atoms with Gasteiger partial charge in [0.15, 0.2) is 0 Å². The van der Waals surface area contributed by atoms with Gasteiger partial charge in [-0.25, -0.2) is 4.68 Å². The summed E-state index contributed by atoms with van der Waals surface area (Å²) in [5.41, 5.74) is 1.22. The highest BCUT2D eigenvalue weighted by atomic mass is 32.2. The summed E-state index contributed by atoms with van der Waals surface area (Å²) >= 11 is 1.35. The number of carbonyl (C=O) groups is 1. The Bertz CT molecular complexity index is 586. The van der Waals surface area contributed by atoms with Crippen molar-refractivity contribution in [3.8, 4) is 0 Å². The van der Waals surface area contributed by atoms with Gasteiger partial charge in [-0.05, 0) is 28.8 Å². The van der Waals surface area contributed by atoms with Crippen LogP contribution < -0.4 is 5.32 Å². The smallest absolute Gasteiger partial charge is 0.233 e. The Morgan fingerprint density at radius 1 is 1.33 bits per heavy atom. The molecule has 21 heavy (non-hydrogen) atoms. The number of tetrazole rings is 1. The van der Waals surface area contributed by atoms with Gasteiger partial charge in [-0.15, -0.1) is 5.10 Å². The zero-order valence-electron chi connectivity index (χ0n) is 12.4. The van der Waals surface area contributed by atoms with E-state index in [1.807, 2.05) is 25.1 Å². The molecule has 0 unspecified atom stereocenters. The van der Waals surface area contributed by atoms with Crippen molar-refractivity contribution in [1.82, 2.24) is 25.5 Å². The number of aromatic nitrogens is 4. The monoisotopic (exact) mass is 305 g/mol. The van der Waals surface area contributed by atoms with Crippen LogP contribution in [-0.2, 0) is 11.8 Å². The molecule has 1 aromatic heterocycles. The van der Waals surface area contributed by atoms with Crippen LogP contribution in [0.4, 0.5) is 0 Å². The van der Waals surface area contributed by atoms with E-state index >= 15 is 0 Å². The summed E-state index contributed by atoms with van der Waals surface area (Å²) < 4.78 is 1.56.